The first-order valence-electron chi connectivity index (χ1n) is 3.09. The fraction of sp³-hybridized carbons (Fsp3) is 0.125. The Kier molecular flexibility index (Phi) is 2.12. The van der Waals surface area contributed by atoms with Gasteiger partial charge in [0.05, 0.1) is 11.8 Å². The van der Waals surface area contributed by atoms with Crippen molar-refractivity contribution >= 4 is 0 Å². The molecule has 0 aliphatic carbocycles. The molecule has 0 bridgehead atoms. The van der Waals surface area contributed by atoms with Gasteiger partial charge in [-0.1, -0.05) is 0 Å². The molecule has 0 N–H and O–H groups in total. The fourth-order valence-electron chi connectivity index (χ4n) is 0.796. The molecule has 12 heavy (non-hydrogen) atoms. The molecule has 0 saturated carbocycles. The third-order valence-corrected chi connectivity index (χ3v) is 1.36. The summed E-state index contributed by atoms with van der Waals surface area (Å²) >= 11 is 0. The van der Waals surface area contributed by atoms with Crippen molar-refractivity contribution in [1.29, 1.82) is 15.8 Å². The molecule has 1 aliphatic heterocycles. The summed E-state index contributed by atoms with van der Waals surface area (Å²) in [5.74, 6) is 0. The van der Waals surface area contributed by atoms with E-state index in [0.29, 0.717) is 0 Å². The molecule has 0 aromatic rings. The molecule has 0 aromatic carbocycles. The van der Waals surface area contributed by atoms with E-state index >= 15 is 0 Å². The predicted octanol–water partition coefficient (Wildman–Crippen LogP) is 0.766. The van der Waals surface area contributed by atoms with Gasteiger partial charge in [-0.15, -0.1) is 0 Å². The standard InChI is InChI=1S/C8H3N3O/c9-3-6-1-2-12-8(5-11)7(6)4-10/h1-2,8H. The van der Waals surface area contributed by atoms with Crippen LogP contribution in [0.3, 0.4) is 0 Å². The molecule has 1 heterocycles. The largest absolute Gasteiger partial charge is 0.477 e. The minimum absolute atomic E-state index is 0.0718. The zero-order valence-electron chi connectivity index (χ0n) is 5.98. The third kappa shape index (κ3) is 1.12. The molecular formula is C8H3N3O. The van der Waals surface area contributed by atoms with Gasteiger partial charge in [0.15, 0.2) is 0 Å². The number of rotatable bonds is 0. The molecular weight excluding hydrogens is 154 g/mol. The first-order chi connectivity index (χ1) is 5.83. The third-order valence-electron chi connectivity index (χ3n) is 1.36. The molecule has 0 amide bonds. The van der Waals surface area contributed by atoms with E-state index in [-0.39, 0.29) is 11.1 Å². The summed E-state index contributed by atoms with van der Waals surface area (Å²) in [6.07, 6.45) is 1.68. The van der Waals surface area contributed by atoms with Gasteiger partial charge < -0.3 is 4.74 Å². The second-order valence-corrected chi connectivity index (χ2v) is 2.00. The lowest BCUT2D eigenvalue weighted by Crippen LogP contribution is -2.14. The smallest absolute Gasteiger partial charge is 0.219 e. The average Bonchev–Trinajstić information content (AvgIpc) is 2.16. The van der Waals surface area contributed by atoms with Gasteiger partial charge in [-0.2, -0.15) is 15.8 Å². The van der Waals surface area contributed by atoms with E-state index in [9.17, 15) is 0 Å². The van der Waals surface area contributed by atoms with Crippen molar-refractivity contribution in [3.05, 3.63) is 23.5 Å². The van der Waals surface area contributed by atoms with E-state index < -0.39 is 6.10 Å². The van der Waals surface area contributed by atoms with Crippen LogP contribution in [0.1, 0.15) is 0 Å². The highest BCUT2D eigenvalue weighted by atomic mass is 16.5. The highest BCUT2D eigenvalue weighted by Crippen LogP contribution is 2.17. The van der Waals surface area contributed by atoms with Crippen LogP contribution in [-0.2, 0) is 4.74 Å². The van der Waals surface area contributed by atoms with Crippen molar-refractivity contribution in [2.24, 2.45) is 0 Å². The normalized spacial score (nSPS) is 20.2. The summed E-state index contributed by atoms with van der Waals surface area (Å²) in [7, 11) is 0. The van der Waals surface area contributed by atoms with Gasteiger partial charge in [-0.25, -0.2) is 0 Å². The minimum Gasteiger partial charge on any atom is -0.477 e. The summed E-state index contributed by atoms with van der Waals surface area (Å²) < 4.78 is 4.79. The Morgan fingerprint density at radius 1 is 1.25 bits per heavy atom. The molecule has 4 heteroatoms. The first kappa shape index (κ1) is 7.85. The summed E-state index contributed by atoms with van der Waals surface area (Å²) in [6.45, 7) is 0. The van der Waals surface area contributed by atoms with E-state index in [2.05, 4.69) is 0 Å². The van der Waals surface area contributed by atoms with Gasteiger partial charge in [0.2, 0.25) is 6.10 Å². The van der Waals surface area contributed by atoms with Crippen LogP contribution >= 0.6 is 0 Å². The van der Waals surface area contributed by atoms with Crippen LogP contribution in [0.4, 0.5) is 0 Å². The topological polar surface area (TPSA) is 80.6 Å². The van der Waals surface area contributed by atoms with Crippen molar-refractivity contribution in [2.75, 3.05) is 0 Å². The molecule has 4 nitrogen and oxygen atoms in total. The lowest BCUT2D eigenvalue weighted by atomic mass is 10.0. The van der Waals surface area contributed by atoms with Crippen LogP contribution in [0.2, 0.25) is 0 Å². The first-order valence-corrected chi connectivity index (χ1v) is 3.09. The van der Waals surface area contributed by atoms with E-state index in [1.807, 2.05) is 6.07 Å². The summed E-state index contributed by atoms with van der Waals surface area (Å²) in [6, 6.07) is 5.34. The van der Waals surface area contributed by atoms with Gasteiger partial charge in [-0.05, 0) is 6.08 Å². The molecule has 1 unspecified atom stereocenters. The van der Waals surface area contributed by atoms with Crippen molar-refractivity contribution in [3.63, 3.8) is 0 Å². The Morgan fingerprint density at radius 3 is 2.50 bits per heavy atom. The molecule has 1 atom stereocenters. The monoisotopic (exact) mass is 157 g/mol. The number of hydrogen-bond acceptors (Lipinski definition) is 4. The van der Waals surface area contributed by atoms with Crippen LogP contribution in [0, 0.1) is 34.0 Å². The Balaban J connectivity index is 3.17. The van der Waals surface area contributed by atoms with Crippen LogP contribution in [0.15, 0.2) is 23.5 Å². The van der Waals surface area contributed by atoms with Gasteiger partial charge in [0.1, 0.15) is 23.8 Å². The molecule has 1 rings (SSSR count). The second-order valence-electron chi connectivity index (χ2n) is 2.00. The molecule has 0 radical (unpaired) electrons. The van der Waals surface area contributed by atoms with Crippen LogP contribution in [0.25, 0.3) is 0 Å². The van der Waals surface area contributed by atoms with Crippen LogP contribution < -0.4 is 0 Å². The molecule has 0 aromatic heterocycles. The highest BCUT2D eigenvalue weighted by molar-refractivity contribution is 5.49. The summed E-state index contributed by atoms with van der Waals surface area (Å²) in [5, 5.41) is 25.6. The van der Waals surface area contributed by atoms with E-state index in [1.165, 1.54) is 12.3 Å². The highest BCUT2D eigenvalue weighted by Gasteiger charge is 2.20. The Bertz CT molecular complexity index is 373. The van der Waals surface area contributed by atoms with Crippen molar-refractivity contribution < 1.29 is 4.74 Å². The zero-order valence-corrected chi connectivity index (χ0v) is 5.98. The number of ether oxygens (including phenoxy) is 1. The van der Waals surface area contributed by atoms with Crippen molar-refractivity contribution in [2.45, 2.75) is 6.10 Å². The Labute approximate surface area is 69.2 Å². The summed E-state index contributed by atoms with van der Waals surface area (Å²) in [5.41, 5.74) is 0.262. The molecule has 56 valence electrons. The molecule has 0 spiro atoms. The Hall–Kier alpha value is -2.25. The van der Waals surface area contributed by atoms with E-state index in [4.69, 9.17) is 20.5 Å². The fourth-order valence-corrected chi connectivity index (χ4v) is 0.796. The van der Waals surface area contributed by atoms with Gasteiger partial charge in [-0.3, -0.25) is 0 Å². The number of nitriles is 3. The van der Waals surface area contributed by atoms with Crippen molar-refractivity contribution in [3.8, 4) is 18.2 Å². The molecule has 0 fully saturated rings. The van der Waals surface area contributed by atoms with Gasteiger partial charge in [0.25, 0.3) is 0 Å². The second kappa shape index (κ2) is 3.23. The SMILES string of the molecule is N#CC1=C(C#N)C(C#N)OC=C1. The number of hydrogen-bond donors (Lipinski definition) is 0. The van der Waals surface area contributed by atoms with Crippen molar-refractivity contribution in [1.82, 2.24) is 0 Å². The lowest BCUT2D eigenvalue weighted by molar-refractivity contribution is 0.222. The average molecular weight is 157 g/mol. The zero-order chi connectivity index (χ0) is 8.97. The molecule has 1 aliphatic rings. The van der Waals surface area contributed by atoms with E-state index in [0.717, 1.165) is 0 Å². The Morgan fingerprint density at radius 2 is 2.00 bits per heavy atom. The number of allylic oxidation sites excluding steroid dienone is 2. The van der Waals surface area contributed by atoms with Gasteiger partial charge in [0, 0.05) is 0 Å². The maximum atomic E-state index is 8.57. The number of nitrogens with zero attached hydrogens (tertiary/aromatic N) is 3. The predicted molar refractivity (Wildman–Crippen MR) is 37.9 cm³/mol. The van der Waals surface area contributed by atoms with E-state index in [1.54, 1.807) is 12.1 Å². The summed E-state index contributed by atoms with van der Waals surface area (Å²) in [4.78, 5) is 0. The van der Waals surface area contributed by atoms with Crippen LogP contribution in [0.5, 0.6) is 0 Å². The van der Waals surface area contributed by atoms with Crippen LogP contribution in [-0.4, -0.2) is 6.10 Å². The quantitative estimate of drug-likeness (QED) is 0.520. The maximum absolute atomic E-state index is 8.57. The van der Waals surface area contributed by atoms with Gasteiger partial charge >= 0.3 is 0 Å². The maximum Gasteiger partial charge on any atom is 0.219 e. The minimum atomic E-state index is -0.936. The molecule has 0 saturated heterocycles. The lowest BCUT2D eigenvalue weighted by Gasteiger charge is -2.11.